The Bertz CT molecular complexity index is 910. The van der Waals surface area contributed by atoms with E-state index in [0.29, 0.717) is 23.4 Å². The molecule has 1 fully saturated rings. The van der Waals surface area contributed by atoms with Crippen LogP contribution in [0.3, 0.4) is 0 Å². The van der Waals surface area contributed by atoms with E-state index >= 15 is 0 Å². The van der Waals surface area contributed by atoms with Gasteiger partial charge in [0.1, 0.15) is 5.54 Å². The second kappa shape index (κ2) is 9.34. The van der Waals surface area contributed by atoms with Gasteiger partial charge in [-0.2, -0.15) is 5.26 Å². The van der Waals surface area contributed by atoms with Crippen LogP contribution in [0.1, 0.15) is 52.1 Å². The molecule has 0 spiro atoms. The highest BCUT2D eigenvalue weighted by atomic mass is 32.1. The summed E-state index contributed by atoms with van der Waals surface area (Å²) in [5.41, 5.74) is -0.0463. The third-order valence-electron chi connectivity index (χ3n) is 4.76. The van der Waals surface area contributed by atoms with Gasteiger partial charge in [-0.1, -0.05) is 25.3 Å². The summed E-state index contributed by atoms with van der Waals surface area (Å²) in [4.78, 5) is 36.9. The van der Waals surface area contributed by atoms with Crippen molar-refractivity contribution >= 4 is 34.8 Å². The van der Waals surface area contributed by atoms with E-state index in [2.05, 4.69) is 16.7 Å². The zero-order chi connectivity index (χ0) is 20.7. The number of amides is 2. The maximum Gasteiger partial charge on any atom is 0.338 e. The molecule has 150 valence electrons. The van der Waals surface area contributed by atoms with Gasteiger partial charge >= 0.3 is 5.97 Å². The Kier molecular flexibility index (Phi) is 6.62. The number of nitriles is 1. The molecule has 7 nitrogen and oxygen atoms in total. The number of carbonyl (C=O) groups excluding carboxylic acids is 3. The third kappa shape index (κ3) is 5.42. The number of ether oxygens (including phenoxy) is 1. The molecular weight excluding hydrogens is 390 g/mol. The van der Waals surface area contributed by atoms with E-state index in [1.54, 1.807) is 24.3 Å². The Hall–Kier alpha value is -3.18. The van der Waals surface area contributed by atoms with Crippen LogP contribution >= 0.6 is 11.3 Å². The molecule has 1 aromatic carbocycles. The first-order valence-corrected chi connectivity index (χ1v) is 10.2. The van der Waals surface area contributed by atoms with Gasteiger partial charge in [0.05, 0.1) is 16.5 Å². The second-order valence-corrected chi connectivity index (χ2v) is 7.84. The van der Waals surface area contributed by atoms with E-state index < -0.39 is 24.0 Å². The molecule has 0 aliphatic heterocycles. The lowest BCUT2D eigenvalue weighted by molar-refractivity contribution is -0.125. The summed E-state index contributed by atoms with van der Waals surface area (Å²) in [5, 5.41) is 16.7. The van der Waals surface area contributed by atoms with Crippen molar-refractivity contribution in [1.82, 2.24) is 5.32 Å². The summed E-state index contributed by atoms with van der Waals surface area (Å²) in [6.45, 7) is -0.445. The van der Waals surface area contributed by atoms with Gasteiger partial charge in [0.25, 0.3) is 11.8 Å². The van der Waals surface area contributed by atoms with Crippen LogP contribution in [0.4, 0.5) is 5.69 Å². The number of nitrogens with zero attached hydrogens (tertiary/aromatic N) is 1. The zero-order valence-electron chi connectivity index (χ0n) is 15.8. The number of carbonyl (C=O) groups is 3. The summed E-state index contributed by atoms with van der Waals surface area (Å²) in [7, 11) is 0. The van der Waals surface area contributed by atoms with Crippen LogP contribution < -0.4 is 10.6 Å². The van der Waals surface area contributed by atoms with Crippen LogP contribution in [0.2, 0.25) is 0 Å². The van der Waals surface area contributed by atoms with Crippen LogP contribution in [0.15, 0.2) is 41.8 Å². The quantitative estimate of drug-likeness (QED) is 0.707. The normalized spacial score (nSPS) is 15.0. The molecule has 1 aliphatic rings. The van der Waals surface area contributed by atoms with Crippen LogP contribution in [0, 0.1) is 11.3 Å². The first-order valence-electron chi connectivity index (χ1n) is 9.36. The zero-order valence-corrected chi connectivity index (χ0v) is 16.6. The molecule has 29 heavy (non-hydrogen) atoms. The molecule has 0 bridgehead atoms. The highest BCUT2D eigenvalue weighted by Gasteiger charge is 2.33. The van der Waals surface area contributed by atoms with Crippen LogP contribution in [0.25, 0.3) is 0 Å². The highest BCUT2D eigenvalue weighted by molar-refractivity contribution is 7.12. The number of esters is 1. The van der Waals surface area contributed by atoms with Gasteiger partial charge in [-0.25, -0.2) is 4.79 Å². The van der Waals surface area contributed by atoms with Gasteiger partial charge in [-0.3, -0.25) is 9.59 Å². The van der Waals surface area contributed by atoms with Crippen LogP contribution in [-0.4, -0.2) is 29.9 Å². The average molecular weight is 411 g/mol. The second-order valence-electron chi connectivity index (χ2n) is 6.89. The van der Waals surface area contributed by atoms with E-state index in [1.165, 1.54) is 23.5 Å². The van der Waals surface area contributed by atoms with E-state index in [4.69, 9.17) is 4.74 Å². The number of hydrogen-bond acceptors (Lipinski definition) is 6. The maximum atomic E-state index is 12.2. The minimum atomic E-state index is -0.857. The number of nitrogens with one attached hydrogen (secondary N) is 2. The highest BCUT2D eigenvalue weighted by Crippen LogP contribution is 2.27. The van der Waals surface area contributed by atoms with Gasteiger partial charge in [-0.15, -0.1) is 11.3 Å². The number of benzene rings is 1. The predicted molar refractivity (Wildman–Crippen MR) is 109 cm³/mol. The molecule has 2 aromatic rings. The fourth-order valence-electron chi connectivity index (χ4n) is 3.23. The lowest BCUT2D eigenvalue weighted by Crippen LogP contribution is -2.50. The monoisotopic (exact) mass is 411 g/mol. The molecule has 0 atom stereocenters. The van der Waals surface area contributed by atoms with E-state index in [0.717, 1.165) is 19.3 Å². The largest absolute Gasteiger partial charge is 0.452 e. The number of thiophene rings is 1. The van der Waals surface area contributed by atoms with Crippen molar-refractivity contribution in [2.75, 3.05) is 11.9 Å². The Morgan fingerprint density at radius 2 is 1.83 bits per heavy atom. The lowest BCUT2D eigenvalue weighted by Gasteiger charge is -2.31. The molecule has 1 aromatic heterocycles. The molecule has 8 heteroatoms. The van der Waals surface area contributed by atoms with Gasteiger partial charge in [-0.05, 0) is 48.6 Å². The molecule has 3 rings (SSSR count). The third-order valence-corrected chi connectivity index (χ3v) is 5.63. The molecule has 1 heterocycles. The Morgan fingerprint density at radius 1 is 1.10 bits per heavy atom. The smallest absolute Gasteiger partial charge is 0.338 e. The summed E-state index contributed by atoms with van der Waals surface area (Å²) >= 11 is 1.34. The lowest BCUT2D eigenvalue weighted by atomic mass is 9.83. The Labute approximate surface area is 172 Å². The number of rotatable bonds is 6. The molecule has 0 saturated heterocycles. The van der Waals surface area contributed by atoms with Crippen molar-refractivity contribution in [2.45, 2.75) is 37.6 Å². The molecule has 0 radical (unpaired) electrons. The maximum absolute atomic E-state index is 12.2. The summed E-state index contributed by atoms with van der Waals surface area (Å²) in [5.74, 6) is -1.35. The first kappa shape index (κ1) is 20.6. The van der Waals surface area contributed by atoms with E-state index in [1.807, 2.05) is 5.38 Å². The van der Waals surface area contributed by atoms with Crippen molar-refractivity contribution in [2.24, 2.45) is 0 Å². The first-order chi connectivity index (χ1) is 14.0. The fourth-order valence-corrected chi connectivity index (χ4v) is 3.85. The molecule has 0 unspecified atom stereocenters. The average Bonchev–Trinajstić information content (AvgIpc) is 3.28. The summed E-state index contributed by atoms with van der Waals surface area (Å²) in [6, 6.07) is 11.9. The molecule has 1 aliphatic carbocycles. The number of anilines is 1. The van der Waals surface area contributed by atoms with Crippen molar-refractivity contribution in [3.05, 3.63) is 52.2 Å². The molecular formula is C21H21N3O4S. The summed E-state index contributed by atoms with van der Waals surface area (Å²) in [6.07, 6.45) is 4.06. The fraction of sp³-hybridized carbons (Fsp3) is 0.333. The standard InChI is InChI=1S/C21H21N3O4S/c22-14-21(10-2-1-3-11-21)24-18(25)13-28-20(27)15-6-8-16(9-7-15)23-19(26)17-5-4-12-29-17/h4-9,12H,1-3,10-11,13H2,(H,23,26)(H,24,25). The van der Waals surface area contributed by atoms with Crippen LogP contribution in [-0.2, 0) is 9.53 Å². The van der Waals surface area contributed by atoms with Gasteiger partial charge in [0.2, 0.25) is 0 Å². The minimum absolute atomic E-state index is 0.221. The van der Waals surface area contributed by atoms with E-state index in [9.17, 15) is 19.6 Å². The number of hydrogen-bond donors (Lipinski definition) is 2. The predicted octanol–water partition coefficient (Wildman–Crippen LogP) is 3.50. The SMILES string of the molecule is N#CC1(NC(=O)COC(=O)c2ccc(NC(=O)c3cccs3)cc2)CCCCC1. The topological polar surface area (TPSA) is 108 Å². The summed E-state index contributed by atoms with van der Waals surface area (Å²) < 4.78 is 5.05. The molecule has 1 saturated carbocycles. The van der Waals surface area contributed by atoms with Gasteiger partial charge < -0.3 is 15.4 Å². The van der Waals surface area contributed by atoms with Gasteiger partial charge in [0.15, 0.2) is 6.61 Å². The van der Waals surface area contributed by atoms with Crippen molar-refractivity contribution in [1.29, 1.82) is 5.26 Å². The molecule has 2 amide bonds. The van der Waals surface area contributed by atoms with Gasteiger partial charge in [0, 0.05) is 5.69 Å². The van der Waals surface area contributed by atoms with E-state index in [-0.39, 0.29) is 11.5 Å². The Balaban J connectivity index is 1.49. The van der Waals surface area contributed by atoms with Crippen molar-refractivity contribution in [3.63, 3.8) is 0 Å². The van der Waals surface area contributed by atoms with Crippen molar-refractivity contribution < 1.29 is 19.1 Å². The Morgan fingerprint density at radius 3 is 2.45 bits per heavy atom. The minimum Gasteiger partial charge on any atom is -0.452 e. The van der Waals surface area contributed by atoms with Crippen LogP contribution in [0.5, 0.6) is 0 Å². The molecule has 2 N–H and O–H groups in total. The van der Waals surface area contributed by atoms with Crippen molar-refractivity contribution in [3.8, 4) is 6.07 Å².